The Bertz CT molecular complexity index is 4710. The highest BCUT2D eigenvalue weighted by molar-refractivity contribution is 6.12. The van der Waals surface area contributed by atoms with Crippen molar-refractivity contribution in [2.75, 3.05) is 0 Å². The Morgan fingerprint density at radius 1 is 0.417 bits per heavy atom. The van der Waals surface area contributed by atoms with Crippen LogP contribution >= 0.6 is 0 Å². The van der Waals surface area contributed by atoms with Crippen molar-refractivity contribution in [1.29, 1.82) is 0 Å². The Labute approximate surface area is 491 Å². The number of fused-ring (bicyclic) bond motifs is 6. The molecule has 0 saturated heterocycles. The molecule has 0 radical (unpaired) electrons. The van der Waals surface area contributed by atoms with Crippen LogP contribution in [-0.4, -0.2) is 24.1 Å². The Balaban J connectivity index is 0.999. The van der Waals surface area contributed by atoms with Gasteiger partial charge in [0.15, 0.2) is 17.5 Å². The number of rotatable bonds is 11. The summed E-state index contributed by atoms with van der Waals surface area (Å²) in [5.41, 5.74) is 24.8. The van der Waals surface area contributed by atoms with Gasteiger partial charge in [-0.1, -0.05) is 206 Å². The molecular formula is C79H63N5. The topological polar surface area (TPSA) is 48.5 Å². The summed E-state index contributed by atoms with van der Waals surface area (Å²) < 4.78 is 5.05. The zero-order chi connectivity index (χ0) is 56.3. The van der Waals surface area contributed by atoms with Crippen LogP contribution in [0.3, 0.4) is 0 Å². The minimum absolute atomic E-state index is 0.310. The second kappa shape index (κ2) is 21.4. The van der Waals surface area contributed by atoms with Crippen LogP contribution in [-0.2, 0) is 6.54 Å². The van der Waals surface area contributed by atoms with Gasteiger partial charge >= 0.3 is 0 Å². The van der Waals surface area contributed by atoms with Crippen LogP contribution in [0, 0.1) is 26.7 Å². The predicted molar refractivity (Wildman–Crippen MR) is 352 cm³/mol. The zero-order valence-corrected chi connectivity index (χ0v) is 47.7. The highest BCUT2D eigenvalue weighted by atomic mass is 15.0. The Hall–Kier alpha value is -9.97. The lowest BCUT2D eigenvalue weighted by atomic mass is 9.83. The molecule has 0 bridgehead atoms. The molecule has 404 valence electrons. The number of hydrogen-bond donors (Lipinski definition) is 0. The highest BCUT2D eigenvalue weighted by Gasteiger charge is 2.25. The summed E-state index contributed by atoms with van der Waals surface area (Å²) in [7, 11) is 0. The molecule has 0 N–H and O–H groups in total. The van der Waals surface area contributed by atoms with Gasteiger partial charge in [-0.3, -0.25) is 0 Å². The molecule has 1 unspecified atom stereocenters. The number of aromatic nitrogens is 5. The van der Waals surface area contributed by atoms with Gasteiger partial charge in [0.1, 0.15) is 0 Å². The molecule has 0 fully saturated rings. The first-order chi connectivity index (χ1) is 41.4. The van der Waals surface area contributed by atoms with Crippen molar-refractivity contribution in [3.63, 3.8) is 0 Å². The van der Waals surface area contributed by atoms with Crippen molar-refractivity contribution in [3.05, 3.63) is 288 Å². The Morgan fingerprint density at radius 3 is 1.70 bits per heavy atom. The molecule has 3 aliphatic rings. The predicted octanol–water partition coefficient (Wildman–Crippen LogP) is 20.4. The van der Waals surface area contributed by atoms with Gasteiger partial charge in [-0.15, -0.1) is 0 Å². The smallest absolute Gasteiger partial charge is 0.164 e. The summed E-state index contributed by atoms with van der Waals surface area (Å²) in [5, 5.41) is 4.94. The second-order valence-electron chi connectivity index (χ2n) is 23.0. The number of nitrogens with zero attached hydrogens (tertiary/aromatic N) is 5. The van der Waals surface area contributed by atoms with Crippen LogP contribution in [0.4, 0.5) is 0 Å². The van der Waals surface area contributed by atoms with Gasteiger partial charge in [0.25, 0.3) is 0 Å². The molecule has 84 heavy (non-hydrogen) atoms. The molecule has 0 amide bonds. The lowest BCUT2D eigenvalue weighted by molar-refractivity contribution is 0.772. The fraction of sp³-hybridized carbons (Fsp3) is 0.127. The van der Waals surface area contributed by atoms with Gasteiger partial charge in [-0.05, 0) is 168 Å². The molecule has 1 atom stereocenters. The Morgan fingerprint density at radius 2 is 1.02 bits per heavy atom. The van der Waals surface area contributed by atoms with Crippen LogP contribution in [0.25, 0.3) is 117 Å². The van der Waals surface area contributed by atoms with Gasteiger partial charge in [0.05, 0.1) is 16.6 Å². The number of benzene rings is 9. The molecule has 5 nitrogen and oxygen atoms in total. The van der Waals surface area contributed by atoms with Crippen molar-refractivity contribution in [1.82, 2.24) is 24.1 Å². The third-order valence-electron chi connectivity index (χ3n) is 17.6. The fourth-order valence-corrected chi connectivity index (χ4v) is 13.6. The van der Waals surface area contributed by atoms with E-state index in [9.17, 15) is 0 Å². The summed E-state index contributed by atoms with van der Waals surface area (Å²) >= 11 is 0. The van der Waals surface area contributed by atoms with E-state index in [-0.39, 0.29) is 0 Å². The monoisotopic (exact) mass is 1080 g/mol. The number of aryl methyl sites for hydroxylation is 3. The minimum atomic E-state index is 0.310. The van der Waals surface area contributed by atoms with Crippen LogP contribution in [0.5, 0.6) is 0 Å². The maximum atomic E-state index is 5.41. The summed E-state index contributed by atoms with van der Waals surface area (Å²) in [5.74, 6) is 2.29. The SMILES string of the molecule is Cc1cc(C)c(-c2ccc3c(c2)c2ccc(-n4c5ccccc5c5ccccc54)cc2n3Cc2c(C3=CCC(C4=CCCC=C4)C=C3)cc(-c3nc(C4=CCCC=C4)nc(-c4ccccc4)n3)cc2-c2ccc(-c3ccccc3)cc2)c(C)c1. The van der Waals surface area contributed by atoms with E-state index in [1.54, 1.807) is 0 Å². The van der Waals surface area contributed by atoms with E-state index in [4.69, 9.17) is 15.0 Å². The van der Waals surface area contributed by atoms with E-state index in [1.165, 1.54) is 99.3 Å². The largest absolute Gasteiger partial charge is 0.336 e. The molecule has 3 aliphatic carbocycles. The lowest BCUT2D eigenvalue weighted by Crippen LogP contribution is -2.09. The summed E-state index contributed by atoms with van der Waals surface area (Å²) in [4.78, 5) is 16.0. The average Bonchev–Trinajstić information content (AvgIpc) is 2.16. The quantitative estimate of drug-likeness (QED) is 0.130. The van der Waals surface area contributed by atoms with Gasteiger partial charge in [-0.2, -0.15) is 0 Å². The molecule has 12 aromatic rings. The molecule has 0 saturated carbocycles. The normalized spacial score (nSPS) is 15.1. The molecule has 15 rings (SSSR count). The molecule has 5 heteroatoms. The zero-order valence-electron chi connectivity index (χ0n) is 47.7. The Kier molecular flexibility index (Phi) is 13.0. The van der Waals surface area contributed by atoms with Crippen LogP contribution in [0.2, 0.25) is 0 Å². The van der Waals surface area contributed by atoms with Gasteiger partial charge in [0, 0.05) is 61.9 Å². The van der Waals surface area contributed by atoms with Crippen molar-refractivity contribution in [3.8, 4) is 61.8 Å². The van der Waals surface area contributed by atoms with Crippen LogP contribution in [0.1, 0.15) is 65.7 Å². The average molecular weight is 1080 g/mol. The highest BCUT2D eigenvalue weighted by Crippen LogP contribution is 2.44. The lowest BCUT2D eigenvalue weighted by Gasteiger charge is -2.24. The van der Waals surface area contributed by atoms with E-state index in [0.29, 0.717) is 29.9 Å². The maximum Gasteiger partial charge on any atom is 0.164 e. The first kappa shape index (κ1) is 51.0. The second-order valence-corrected chi connectivity index (χ2v) is 23.0. The van der Waals surface area contributed by atoms with Crippen LogP contribution < -0.4 is 0 Å². The van der Waals surface area contributed by atoms with Crippen molar-refractivity contribution < 1.29 is 0 Å². The first-order valence-electron chi connectivity index (χ1n) is 29.8. The van der Waals surface area contributed by atoms with E-state index in [1.807, 2.05) is 6.07 Å². The van der Waals surface area contributed by atoms with E-state index < -0.39 is 0 Å². The molecule has 0 aliphatic heterocycles. The fourth-order valence-electron chi connectivity index (χ4n) is 13.6. The minimum Gasteiger partial charge on any atom is -0.336 e. The molecule has 3 heterocycles. The molecular weight excluding hydrogens is 1020 g/mol. The number of allylic oxidation sites excluding steroid dienone is 12. The first-order valence-corrected chi connectivity index (χ1v) is 29.8. The van der Waals surface area contributed by atoms with Crippen molar-refractivity contribution in [2.24, 2.45) is 5.92 Å². The number of hydrogen-bond acceptors (Lipinski definition) is 3. The van der Waals surface area contributed by atoms with Crippen molar-refractivity contribution in [2.45, 2.75) is 59.4 Å². The molecule has 3 aromatic heterocycles. The van der Waals surface area contributed by atoms with Crippen LogP contribution in [0.15, 0.2) is 254 Å². The molecule has 9 aromatic carbocycles. The van der Waals surface area contributed by atoms with E-state index in [2.05, 4.69) is 273 Å². The summed E-state index contributed by atoms with van der Waals surface area (Å²) in [6.07, 6.45) is 26.1. The van der Waals surface area contributed by atoms with Gasteiger partial charge in [-0.25, -0.2) is 15.0 Å². The maximum absolute atomic E-state index is 5.41. The third kappa shape index (κ3) is 9.27. The summed E-state index contributed by atoms with van der Waals surface area (Å²) in [6, 6.07) is 71.6. The standard InChI is InChI=1S/C79H63N5/c1-51-44-52(2)76(53(3)45-51)62-40-43-72-70(46-62)67-42-41-64(84-73-30-18-16-28-65(73)66-29-17-19-31-74(66)84)49-75(67)83(72)50-71-68(58-36-32-56(33-37-58)54-20-8-4-9-21-54)47-63(48-69(71)59-38-34-57(35-39-59)55-22-10-5-11-23-55)79-81-77(60-24-12-6-13-25-60)80-78(82-79)61-26-14-7-15-27-61/h4,6,8-10,12-14,16-34,36-49,57H,5,7,11,15,35,50H2,1-3H3. The molecule has 0 spiro atoms. The van der Waals surface area contributed by atoms with E-state index in [0.717, 1.165) is 71.2 Å². The van der Waals surface area contributed by atoms with E-state index >= 15 is 0 Å². The number of para-hydroxylation sites is 2. The van der Waals surface area contributed by atoms with Gasteiger partial charge < -0.3 is 9.13 Å². The summed E-state index contributed by atoms with van der Waals surface area (Å²) in [6.45, 7) is 7.29. The van der Waals surface area contributed by atoms with Crippen molar-refractivity contribution >= 4 is 54.8 Å². The van der Waals surface area contributed by atoms with Gasteiger partial charge in [0.2, 0.25) is 0 Å². The third-order valence-corrected chi connectivity index (χ3v) is 17.6.